The summed E-state index contributed by atoms with van der Waals surface area (Å²) in [7, 11) is 0. The van der Waals surface area contributed by atoms with Gasteiger partial charge < -0.3 is 5.11 Å². The number of aryl methyl sites for hydroxylation is 1. The third kappa shape index (κ3) is 2.23. The van der Waals surface area contributed by atoms with E-state index in [-0.39, 0.29) is 5.56 Å². The van der Waals surface area contributed by atoms with Crippen LogP contribution in [0.1, 0.15) is 21.9 Å². The maximum Gasteiger partial charge on any atom is 0.354 e. The molecule has 0 aliphatic heterocycles. The number of halogens is 3. The molecule has 15 heavy (non-hydrogen) atoms. The van der Waals surface area contributed by atoms with Crippen molar-refractivity contribution >= 4 is 5.97 Å². The van der Waals surface area contributed by atoms with Gasteiger partial charge in [0.2, 0.25) is 5.82 Å². The number of rotatable bonds is 3. The number of carbonyl (C=O) groups is 1. The van der Waals surface area contributed by atoms with Crippen molar-refractivity contribution < 1.29 is 23.1 Å². The molecule has 82 valence electrons. The predicted molar refractivity (Wildman–Crippen MR) is 43.6 cm³/mol. The van der Waals surface area contributed by atoms with E-state index in [0.717, 1.165) is 6.20 Å². The number of carboxylic acid groups (broad SMARTS) is 1. The summed E-state index contributed by atoms with van der Waals surface area (Å²) in [6.07, 6.45) is 0.926. The molecule has 0 saturated heterocycles. The maximum atomic E-state index is 12.8. The number of aromatic nitrogens is 2. The Morgan fingerprint density at radius 1 is 1.60 bits per heavy atom. The van der Waals surface area contributed by atoms with Gasteiger partial charge in [-0.3, -0.25) is 0 Å². The Morgan fingerprint density at radius 2 is 2.20 bits per heavy atom. The van der Waals surface area contributed by atoms with Crippen LogP contribution in [0.3, 0.4) is 0 Å². The molecule has 7 heteroatoms. The molecule has 0 saturated carbocycles. The maximum absolute atomic E-state index is 12.8. The number of carboxylic acids is 1. The van der Waals surface area contributed by atoms with Crippen molar-refractivity contribution in [2.75, 3.05) is 6.67 Å². The van der Waals surface area contributed by atoms with Gasteiger partial charge in [0, 0.05) is 11.8 Å². The highest BCUT2D eigenvalue weighted by atomic mass is 19.3. The van der Waals surface area contributed by atoms with Gasteiger partial charge in [-0.15, -0.1) is 0 Å². The molecule has 1 aromatic heterocycles. The largest absolute Gasteiger partial charge is 0.477 e. The minimum Gasteiger partial charge on any atom is -0.477 e. The first-order chi connectivity index (χ1) is 6.88. The Kier molecular flexibility index (Phi) is 2.92. The van der Waals surface area contributed by atoms with Gasteiger partial charge >= 0.3 is 11.9 Å². The van der Waals surface area contributed by atoms with Crippen molar-refractivity contribution in [3.05, 3.63) is 23.3 Å². The summed E-state index contributed by atoms with van der Waals surface area (Å²) in [6, 6.07) is 0. The second kappa shape index (κ2) is 3.84. The zero-order valence-corrected chi connectivity index (χ0v) is 7.67. The molecule has 0 bridgehead atoms. The summed E-state index contributed by atoms with van der Waals surface area (Å²) < 4.78 is 37.4. The van der Waals surface area contributed by atoms with Crippen LogP contribution in [0.25, 0.3) is 0 Å². The second-order valence-electron chi connectivity index (χ2n) is 2.87. The Hall–Kier alpha value is -1.66. The quantitative estimate of drug-likeness (QED) is 0.839. The Labute approximate surface area is 82.8 Å². The van der Waals surface area contributed by atoms with Gasteiger partial charge in [-0.25, -0.2) is 19.2 Å². The van der Waals surface area contributed by atoms with E-state index in [4.69, 9.17) is 5.11 Å². The first kappa shape index (κ1) is 11.4. The number of aromatic carboxylic acids is 1. The monoisotopic (exact) mass is 220 g/mol. The normalized spacial score (nSPS) is 11.5. The van der Waals surface area contributed by atoms with Crippen LogP contribution in [-0.2, 0) is 5.92 Å². The molecule has 0 fully saturated rings. The Morgan fingerprint density at radius 3 is 2.67 bits per heavy atom. The number of alkyl halides is 3. The molecule has 0 spiro atoms. The highest BCUT2D eigenvalue weighted by molar-refractivity contribution is 5.86. The van der Waals surface area contributed by atoms with Crippen molar-refractivity contribution in [3.8, 4) is 0 Å². The minimum absolute atomic E-state index is 0.140. The van der Waals surface area contributed by atoms with Crippen LogP contribution in [-0.4, -0.2) is 27.7 Å². The summed E-state index contributed by atoms with van der Waals surface area (Å²) in [4.78, 5) is 16.9. The van der Waals surface area contributed by atoms with Gasteiger partial charge in [0.25, 0.3) is 0 Å². The average molecular weight is 220 g/mol. The molecule has 0 unspecified atom stereocenters. The van der Waals surface area contributed by atoms with Crippen LogP contribution >= 0.6 is 0 Å². The van der Waals surface area contributed by atoms with Crippen LogP contribution in [0.5, 0.6) is 0 Å². The summed E-state index contributed by atoms with van der Waals surface area (Å²) in [5.74, 6) is -6.42. The van der Waals surface area contributed by atoms with Crippen LogP contribution in [0.15, 0.2) is 6.20 Å². The molecule has 0 radical (unpaired) electrons. The lowest BCUT2D eigenvalue weighted by Crippen LogP contribution is -2.22. The number of nitrogens with zero attached hydrogens (tertiary/aromatic N) is 2. The van der Waals surface area contributed by atoms with Gasteiger partial charge in [0.1, 0.15) is 0 Å². The summed E-state index contributed by atoms with van der Waals surface area (Å²) >= 11 is 0. The summed E-state index contributed by atoms with van der Waals surface area (Å²) in [5.41, 5.74) is -0.408. The van der Waals surface area contributed by atoms with Gasteiger partial charge in [0.05, 0.1) is 0 Å². The number of hydrogen-bond acceptors (Lipinski definition) is 3. The van der Waals surface area contributed by atoms with E-state index in [1.807, 2.05) is 0 Å². The lowest BCUT2D eigenvalue weighted by atomic mass is 10.2. The van der Waals surface area contributed by atoms with Crippen LogP contribution in [0, 0.1) is 6.92 Å². The Balaban J connectivity index is 3.25. The molecule has 1 aromatic rings. The topological polar surface area (TPSA) is 63.1 Å². The van der Waals surface area contributed by atoms with Crippen LogP contribution in [0.2, 0.25) is 0 Å². The molecule has 0 amide bonds. The Bertz CT molecular complexity index is 395. The van der Waals surface area contributed by atoms with Crippen LogP contribution in [0.4, 0.5) is 13.2 Å². The summed E-state index contributed by atoms with van der Waals surface area (Å²) in [5, 5.41) is 8.60. The van der Waals surface area contributed by atoms with Gasteiger partial charge in [0.15, 0.2) is 12.4 Å². The van der Waals surface area contributed by atoms with Crippen molar-refractivity contribution in [1.29, 1.82) is 0 Å². The molecule has 0 aromatic carbocycles. The van der Waals surface area contributed by atoms with E-state index in [0.29, 0.717) is 0 Å². The molecule has 1 rings (SSSR count). The fraction of sp³-hybridized carbons (Fsp3) is 0.375. The van der Waals surface area contributed by atoms with E-state index in [2.05, 4.69) is 9.97 Å². The van der Waals surface area contributed by atoms with Crippen molar-refractivity contribution in [2.45, 2.75) is 12.8 Å². The van der Waals surface area contributed by atoms with Crippen molar-refractivity contribution in [2.24, 2.45) is 0 Å². The van der Waals surface area contributed by atoms with Gasteiger partial charge in [-0.1, -0.05) is 0 Å². The molecule has 1 N–H and O–H groups in total. The molecule has 0 aliphatic carbocycles. The highest BCUT2D eigenvalue weighted by Crippen LogP contribution is 2.25. The highest BCUT2D eigenvalue weighted by Gasteiger charge is 2.36. The molecular weight excluding hydrogens is 213 g/mol. The first-order valence-corrected chi connectivity index (χ1v) is 3.89. The molecule has 0 atom stereocenters. The second-order valence-corrected chi connectivity index (χ2v) is 2.87. The third-order valence-corrected chi connectivity index (χ3v) is 1.67. The lowest BCUT2D eigenvalue weighted by Gasteiger charge is -2.11. The predicted octanol–water partition coefficient (Wildman–Crippen LogP) is 1.54. The van der Waals surface area contributed by atoms with E-state index >= 15 is 0 Å². The molecule has 1 heterocycles. The van der Waals surface area contributed by atoms with Crippen LogP contribution < -0.4 is 0 Å². The standard InChI is InChI=1S/C8H7F3N2O2/c1-4-2-12-7(8(10,11)3-9)13-5(4)6(14)15/h2H,3H2,1H3,(H,14,15). The van der Waals surface area contributed by atoms with E-state index in [1.54, 1.807) is 0 Å². The van der Waals surface area contributed by atoms with E-state index in [1.165, 1.54) is 6.92 Å². The zero-order valence-electron chi connectivity index (χ0n) is 7.67. The fourth-order valence-corrected chi connectivity index (χ4v) is 0.895. The molecule has 4 nitrogen and oxygen atoms in total. The smallest absolute Gasteiger partial charge is 0.354 e. The van der Waals surface area contributed by atoms with Crippen molar-refractivity contribution in [1.82, 2.24) is 9.97 Å². The fourth-order valence-electron chi connectivity index (χ4n) is 0.895. The van der Waals surface area contributed by atoms with E-state index < -0.39 is 30.1 Å². The van der Waals surface area contributed by atoms with Crippen molar-refractivity contribution in [3.63, 3.8) is 0 Å². The van der Waals surface area contributed by atoms with Gasteiger partial charge in [-0.2, -0.15) is 8.78 Å². The minimum atomic E-state index is -3.85. The third-order valence-electron chi connectivity index (χ3n) is 1.67. The van der Waals surface area contributed by atoms with Gasteiger partial charge in [-0.05, 0) is 6.92 Å². The SMILES string of the molecule is Cc1cnc(C(F)(F)CF)nc1C(=O)O. The molecule has 0 aliphatic rings. The lowest BCUT2D eigenvalue weighted by molar-refractivity contribution is -0.0367. The first-order valence-electron chi connectivity index (χ1n) is 3.89. The summed E-state index contributed by atoms with van der Waals surface area (Å²) in [6.45, 7) is -0.601. The molecular formula is C8H7F3N2O2. The zero-order chi connectivity index (χ0) is 11.6. The average Bonchev–Trinajstić information content (AvgIpc) is 2.17. The number of hydrogen-bond donors (Lipinski definition) is 1. The van der Waals surface area contributed by atoms with E-state index in [9.17, 15) is 18.0 Å².